The second-order valence-electron chi connectivity index (χ2n) is 6.37. The Balaban J connectivity index is 2.76. The molecule has 1 aromatic heterocycles. The highest BCUT2D eigenvalue weighted by molar-refractivity contribution is 7.09. The van der Waals surface area contributed by atoms with Gasteiger partial charge in [-0.1, -0.05) is 20.8 Å². The summed E-state index contributed by atoms with van der Waals surface area (Å²) in [6, 6.07) is 0. The van der Waals surface area contributed by atoms with Gasteiger partial charge in [-0.15, -0.1) is 11.3 Å². The third-order valence-electron chi connectivity index (χ3n) is 3.21. The maximum Gasteiger partial charge on any atom is 0.357 e. The molecule has 0 aliphatic carbocycles. The van der Waals surface area contributed by atoms with Crippen molar-refractivity contribution < 1.29 is 19.1 Å². The summed E-state index contributed by atoms with van der Waals surface area (Å²) in [4.78, 5) is 30.4. The van der Waals surface area contributed by atoms with Crippen LogP contribution >= 0.6 is 11.3 Å². The number of aromatic nitrogens is 1. The van der Waals surface area contributed by atoms with E-state index in [1.165, 1.54) is 11.3 Å². The summed E-state index contributed by atoms with van der Waals surface area (Å²) in [7, 11) is 0. The Kier molecular flexibility index (Phi) is 8.35. The molecule has 0 aromatic carbocycles. The molecule has 24 heavy (non-hydrogen) atoms. The predicted molar refractivity (Wildman–Crippen MR) is 94.1 cm³/mol. The molecular weight excluding hydrogens is 328 g/mol. The zero-order valence-corrected chi connectivity index (χ0v) is 16.1. The van der Waals surface area contributed by atoms with E-state index in [-0.39, 0.29) is 5.91 Å². The fourth-order valence-corrected chi connectivity index (χ4v) is 2.85. The molecule has 0 atom stereocenters. The minimum atomic E-state index is -0.465. The molecule has 0 N–H and O–H groups in total. The average molecular weight is 356 g/mol. The summed E-state index contributed by atoms with van der Waals surface area (Å²) >= 11 is 1.37. The lowest BCUT2D eigenvalue weighted by atomic mass is 9.94. The SMILES string of the molecule is CCOCCCN(Cc1nc(C(=O)OCC)cs1)C(=O)C(C)(C)C. The van der Waals surface area contributed by atoms with Crippen LogP contribution in [0.4, 0.5) is 0 Å². The molecule has 1 rings (SSSR count). The fraction of sp³-hybridized carbons (Fsp3) is 0.706. The van der Waals surface area contributed by atoms with E-state index in [2.05, 4.69) is 4.98 Å². The monoisotopic (exact) mass is 356 g/mol. The second kappa shape index (κ2) is 9.74. The summed E-state index contributed by atoms with van der Waals surface area (Å²) in [5, 5.41) is 2.40. The lowest BCUT2D eigenvalue weighted by molar-refractivity contribution is -0.140. The highest BCUT2D eigenvalue weighted by Gasteiger charge is 2.28. The van der Waals surface area contributed by atoms with E-state index in [0.717, 1.165) is 11.4 Å². The minimum Gasteiger partial charge on any atom is -0.461 e. The van der Waals surface area contributed by atoms with Gasteiger partial charge < -0.3 is 14.4 Å². The van der Waals surface area contributed by atoms with Crippen LogP contribution in [-0.2, 0) is 20.8 Å². The normalized spacial score (nSPS) is 11.4. The van der Waals surface area contributed by atoms with Crippen LogP contribution in [0.1, 0.15) is 56.5 Å². The quantitative estimate of drug-likeness (QED) is 0.502. The molecule has 1 heterocycles. The number of thiazole rings is 1. The molecular formula is C17H28N2O4S. The summed E-state index contributed by atoms with van der Waals surface area (Å²) in [5.74, 6) is -0.364. The van der Waals surface area contributed by atoms with Gasteiger partial charge in [-0.25, -0.2) is 9.78 Å². The van der Waals surface area contributed by atoms with Crippen molar-refractivity contribution in [3.8, 4) is 0 Å². The van der Waals surface area contributed by atoms with E-state index in [4.69, 9.17) is 9.47 Å². The number of hydrogen-bond acceptors (Lipinski definition) is 6. The molecule has 0 unspecified atom stereocenters. The summed E-state index contributed by atoms with van der Waals surface area (Å²) < 4.78 is 10.3. The Hall–Kier alpha value is -1.47. The molecule has 0 saturated heterocycles. The van der Waals surface area contributed by atoms with Gasteiger partial charge in [0.25, 0.3) is 0 Å². The van der Waals surface area contributed by atoms with E-state index < -0.39 is 11.4 Å². The van der Waals surface area contributed by atoms with Crippen molar-refractivity contribution >= 4 is 23.2 Å². The zero-order valence-electron chi connectivity index (χ0n) is 15.3. The number of carbonyl (C=O) groups excluding carboxylic acids is 2. The van der Waals surface area contributed by atoms with Gasteiger partial charge in [-0.2, -0.15) is 0 Å². The van der Waals surface area contributed by atoms with E-state index in [0.29, 0.717) is 38.6 Å². The smallest absolute Gasteiger partial charge is 0.357 e. The Morgan fingerprint density at radius 2 is 1.96 bits per heavy atom. The number of carbonyl (C=O) groups is 2. The number of amides is 1. The molecule has 136 valence electrons. The summed E-state index contributed by atoms with van der Waals surface area (Å²) in [6.07, 6.45) is 0.770. The Morgan fingerprint density at radius 1 is 1.25 bits per heavy atom. The minimum absolute atomic E-state index is 0.0619. The predicted octanol–water partition coefficient (Wildman–Crippen LogP) is 3.12. The molecule has 0 saturated carbocycles. The third kappa shape index (κ3) is 6.57. The van der Waals surface area contributed by atoms with E-state index >= 15 is 0 Å². The molecule has 6 nitrogen and oxygen atoms in total. The molecule has 0 spiro atoms. The van der Waals surface area contributed by atoms with Crippen LogP contribution < -0.4 is 0 Å². The van der Waals surface area contributed by atoms with Crippen molar-refractivity contribution in [2.45, 2.75) is 47.6 Å². The molecule has 0 radical (unpaired) electrons. The Morgan fingerprint density at radius 3 is 2.54 bits per heavy atom. The first-order valence-electron chi connectivity index (χ1n) is 8.28. The van der Waals surface area contributed by atoms with Crippen LogP contribution in [0.3, 0.4) is 0 Å². The van der Waals surface area contributed by atoms with Crippen LogP contribution in [0, 0.1) is 5.41 Å². The number of hydrogen-bond donors (Lipinski definition) is 0. The lowest BCUT2D eigenvalue weighted by Gasteiger charge is -2.29. The molecule has 0 fully saturated rings. The van der Waals surface area contributed by atoms with E-state index in [1.807, 2.05) is 27.7 Å². The van der Waals surface area contributed by atoms with Gasteiger partial charge in [0.15, 0.2) is 5.69 Å². The number of rotatable bonds is 9. The van der Waals surface area contributed by atoms with Gasteiger partial charge >= 0.3 is 5.97 Å². The third-order valence-corrected chi connectivity index (χ3v) is 4.05. The summed E-state index contributed by atoms with van der Waals surface area (Å²) in [6.45, 7) is 12.0. The fourth-order valence-electron chi connectivity index (χ4n) is 2.07. The molecule has 0 aliphatic heterocycles. The first-order chi connectivity index (χ1) is 11.3. The van der Waals surface area contributed by atoms with Crippen LogP contribution in [0.25, 0.3) is 0 Å². The van der Waals surface area contributed by atoms with Crippen molar-refractivity contribution in [2.75, 3.05) is 26.4 Å². The van der Waals surface area contributed by atoms with E-state index in [9.17, 15) is 9.59 Å². The maximum absolute atomic E-state index is 12.6. The van der Waals surface area contributed by atoms with Crippen molar-refractivity contribution in [3.63, 3.8) is 0 Å². The van der Waals surface area contributed by atoms with Gasteiger partial charge in [0.05, 0.1) is 13.2 Å². The topological polar surface area (TPSA) is 68.7 Å². The van der Waals surface area contributed by atoms with Crippen LogP contribution in [0.2, 0.25) is 0 Å². The molecule has 0 bridgehead atoms. The molecule has 7 heteroatoms. The van der Waals surface area contributed by atoms with Gasteiger partial charge in [-0.3, -0.25) is 4.79 Å². The van der Waals surface area contributed by atoms with Crippen LogP contribution in [-0.4, -0.2) is 48.1 Å². The zero-order chi connectivity index (χ0) is 18.2. The molecule has 1 amide bonds. The molecule has 1 aromatic rings. The van der Waals surface area contributed by atoms with Gasteiger partial charge in [0.1, 0.15) is 5.01 Å². The standard InChI is InChI=1S/C17H28N2O4S/c1-6-22-10-8-9-19(16(21)17(3,4)5)11-14-18-13(12-24-14)15(20)23-7-2/h12H,6-11H2,1-5H3. The number of ether oxygens (including phenoxy) is 2. The van der Waals surface area contributed by atoms with Crippen LogP contribution in [0.15, 0.2) is 5.38 Å². The van der Waals surface area contributed by atoms with Gasteiger partial charge in [-0.05, 0) is 20.3 Å². The van der Waals surface area contributed by atoms with Crippen molar-refractivity contribution in [1.82, 2.24) is 9.88 Å². The summed E-state index contributed by atoms with van der Waals surface area (Å²) in [5.41, 5.74) is -0.165. The van der Waals surface area contributed by atoms with Crippen LogP contribution in [0.5, 0.6) is 0 Å². The number of esters is 1. The highest BCUT2D eigenvalue weighted by atomic mass is 32.1. The highest BCUT2D eigenvalue weighted by Crippen LogP contribution is 2.21. The van der Waals surface area contributed by atoms with Gasteiger partial charge in [0, 0.05) is 30.6 Å². The van der Waals surface area contributed by atoms with Crippen molar-refractivity contribution in [2.24, 2.45) is 5.41 Å². The Bertz CT molecular complexity index is 537. The average Bonchev–Trinajstić information content (AvgIpc) is 2.97. The molecule has 0 aliphatic rings. The Labute approximate surface area is 148 Å². The number of nitrogens with zero attached hydrogens (tertiary/aromatic N) is 2. The lowest BCUT2D eigenvalue weighted by Crippen LogP contribution is -2.40. The van der Waals surface area contributed by atoms with Crippen molar-refractivity contribution in [3.05, 3.63) is 16.1 Å². The second-order valence-corrected chi connectivity index (χ2v) is 7.32. The first kappa shape index (κ1) is 20.6. The largest absolute Gasteiger partial charge is 0.461 e. The maximum atomic E-state index is 12.6. The van der Waals surface area contributed by atoms with Gasteiger partial charge in [0.2, 0.25) is 5.91 Å². The van der Waals surface area contributed by atoms with Crippen molar-refractivity contribution in [1.29, 1.82) is 0 Å². The van der Waals surface area contributed by atoms with E-state index in [1.54, 1.807) is 17.2 Å². The first-order valence-corrected chi connectivity index (χ1v) is 9.16.